The Morgan fingerprint density at radius 1 is 1.41 bits per heavy atom. The summed E-state index contributed by atoms with van der Waals surface area (Å²) in [6.07, 6.45) is -5.25. The molecule has 1 aromatic rings. The molecule has 0 saturated heterocycles. The Morgan fingerprint density at radius 2 is 2.00 bits per heavy atom. The fourth-order valence-electron chi connectivity index (χ4n) is 1.33. The Bertz CT molecular complexity index is 431. The van der Waals surface area contributed by atoms with Crippen molar-refractivity contribution in [3.63, 3.8) is 0 Å². The van der Waals surface area contributed by atoms with Gasteiger partial charge >= 0.3 is 12.1 Å². The van der Waals surface area contributed by atoms with Gasteiger partial charge in [0.15, 0.2) is 0 Å². The molecule has 0 radical (unpaired) electrons. The molecule has 0 spiro atoms. The first-order valence-electron chi connectivity index (χ1n) is 4.56. The zero-order chi connectivity index (χ0) is 13.2. The maximum Gasteiger partial charge on any atom is 0.416 e. The third-order valence-corrected chi connectivity index (χ3v) is 2.13. The molecule has 0 aliphatic rings. The highest BCUT2D eigenvalue weighted by molar-refractivity contribution is 5.73. The van der Waals surface area contributed by atoms with Crippen molar-refractivity contribution in [2.75, 3.05) is 0 Å². The van der Waals surface area contributed by atoms with Crippen LogP contribution in [0.3, 0.4) is 0 Å². The minimum absolute atomic E-state index is 0.465. The summed E-state index contributed by atoms with van der Waals surface area (Å²) in [5.41, 5.74) is 3.58. The van der Waals surface area contributed by atoms with Crippen molar-refractivity contribution in [1.82, 2.24) is 0 Å². The van der Waals surface area contributed by atoms with Crippen LogP contribution in [0.5, 0.6) is 0 Å². The van der Waals surface area contributed by atoms with Crippen LogP contribution in [-0.4, -0.2) is 17.1 Å². The van der Waals surface area contributed by atoms with Gasteiger partial charge in [-0.3, -0.25) is 4.79 Å². The average molecular weight is 251 g/mol. The summed E-state index contributed by atoms with van der Waals surface area (Å²) in [4.78, 5) is 10.4. The van der Waals surface area contributed by atoms with Crippen molar-refractivity contribution >= 4 is 5.97 Å². The van der Waals surface area contributed by atoms with Crippen LogP contribution in [0.15, 0.2) is 18.2 Å². The number of rotatable bonds is 3. The van der Waals surface area contributed by atoms with Crippen molar-refractivity contribution in [3.05, 3.63) is 35.1 Å². The van der Waals surface area contributed by atoms with Crippen LogP contribution < -0.4 is 5.73 Å². The zero-order valence-corrected chi connectivity index (χ0v) is 8.46. The number of nitrogens with two attached hydrogens (primary N) is 1. The molecule has 7 heteroatoms. The average Bonchev–Trinajstić information content (AvgIpc) is 2.15. The van der Waals surface area contributed by atoms with Crippen LogP contribution in [0.25, 0.3) is 0 Å². The quantitative estimate of drug-likeness (QED) is 0.805. The molecular weight excluding hydrogens is 242 g/mol. The van der Waals surface area contributed by atoms with E-state index >= 15 is 0 Å². The number of carbonyl (C=O) groups is 1. The summed E-state index contributed by atoms with van der Waals surface area (Å²) in [6, 6.07) is 0.377. The van der Waals surface area contributed by atoms with E-state index in [9.17, 15) is 22.4 Å². The van der Waals surface area contributed by atoms with Crippen molar-refractivity contribution < 1.29 is 27.5 Å². The van der Waals surface area contributed by atoms with Gasteiger partial charge in [-0.05, 0) is 30.2 Å². The van der Waals surface area contributed by atoms with E-state index in [1.165, 1.54) is 0 Å². The van der Waals surface area contributed by atoms with Crippen LogP contribution in [0.4, 0.5) is 17.6 Å². The van der Waals surface area contributed by atoms with E-state index in [4.69, 9.17) is 10.8 Å². The first-order valence-corrected chi connectivity index (χ1v) is 4.56. The number of hydrogen-bond acceptors (Lipinski definition) is 2. The van der Waals surface area contributed by atoms with Gasteiger partial charge < -0.3 is 10.8 Å². The summed E-state index contributed by atoms with van der Waals surface area (Å²) in [5.74, 6) is -2.31. The first kappa shape index (κ1) is 13.4. The third-order valence-electron chi connectivity index (χ3n) is 2.13. The second-order valence-electron chi connectivity index (χ2n) is 3.45. The molecule has 3 nitrogen and oxygen atoms in total. The highest BCUT2D eigenvalue weighted by Crippen LogP contribution is 2.32. The highest BCUT2D eigenvalue weighted by Gasteiger charge is 2.34. The van der Waals surface area contributed by atoms with E-state index in [0.717, 1.165) is 0 Å². The van der Waals surface area contributed by atoms with Crippen LogP contribution >= 0.6 is 0 Å². The molecule has 0 heterocycles. The molecule has 3 N–H and O–H groups in total. The number of halogens is 4. The highest BCUT2D eigenvalue weighted by atomic mass is 19.4. The summed E-state index contributed by atoms with van der Waals surface area (Å²) >= 11 is 0. The lowest BCUT2D eigenvalue weighted by atomic mass is 10.00. The molecule has 0 bridgehead atoms. The maximum absolute atomic E-state index is 12.8. The zero-order valence-electron chi connectivity index (χ0n) is 8.46. The molecule has 0 aromatic heterocycles. The second-order valence-corrected chi connectivity index (χ2v) is 3.45. The monoisotopic (exact) mass is 251 g/mol. The first-order chi connectivity index (χ1) is 7.71. The fourth-order valence-corrected chi connectivity index (χ4v) is 1.33. The molecular formula is C10H9F4NO2. The number of carboxylic acids is 1. The van der Waals surface area contributed by atoms with Gasteiger partial charge in [-0.15, -0.1) is 0 Å². The molecule has 1 atom stereocenters. The lowest BCUT2D eigenvalue weighted by molar-refractivity contribution is -0.140. The summed E-state index contributed by atoms with van der Waals surface area (Å²) in [7, 11) is 0. The molecule has 0 saturated carbocycles. The van der Waals surface area contributed by atoms with Gasteiger partial charge in [-0.25, -0.2) is 4.39 Å². The molecule has 0 aliphatic carbocycles. The van der Waals surface area contributed by atoms with Crippen molar-refractivity contribution in [1.29, 1.82) is 0 Å². The standard InChI is InChI=1S/C10H9F4NO2/c11-6-1-2-7(10(12,13)14)5(3-6)4-8(15)9(16)17/h1-3,8H,4,15H2,(H,16,17). The van der Waals surface area contributed by atoms with Crippen molar-refractivity contribution in [2.45, 2.75) is 18.6 Å². The number of aliphatic carboxylic acids is 1. The molecule has 94 valence electrons. The molecule has 1 rings (SSSR count). The molecule has 17 heavy (non-hydrogen) atoms. The Kier molecular flexibility index (Phi) is 3.72. The minimum atomic E-state index is -4.67. The second kappa shape index (κ2) is 4.70. The SMILES string of the molecule is NC(Cc1cc(F)ccc1C(F)(F)F)C(=O)O. The normalized spacial score (nSPS) is 13.5. The third kappa shape index (κ3) is 3.42. The summed E-state index contributed by atoms with van der Waals surface area (Å²) < 4.78 is 50.4. The molecule has 0 aliphatic heterocycles. The van der Waals surface area contributed by atoms with E-state index in [1.807, 2.05) is 0 Å². The lowest BCUT2D eigenvalue weighted by Crippen LogP contribution is -2.33. The molecule has 1 unspecified atom stereocenters. The topological polar surface area (TPSA) is 63.3 Å². The number of benzene rings is 1. The largest absolute Gasteiger partial charge is 0.480 e. The van der Waals surface area contributed by atoms with Crippen LogP contribution in [0, 0.1) is 5.82 Å². The van der Waals surface area contributed by atoms with Crippen molar-refractivity contribution in [3.8, 4) is 0 Å². The minimum Gasteiger partial charge on any atom is -0.480 e. The van der Waals surface area contributed by atoms with Crippen LogP contribution in [0.2, 0.25) is 0 Å². The van der Waals surface area contributed by atoms with E-state index in [1.54, 1.807) is 0 Å². The lowest BCUT2D eigenvalue weighted by Gasteiger charge is -2.14. The van der Waals surface area contributed by atoms with E-state index in [2.05, 4.69) is 0 Å². The maximum atomic E-state index is 12.8. The Balaban J connectivity index is 3.12. The predicted octanol–water partition coefficient (Wildman–Crippen LogP) is 1.80. The van der Waals surface area contributed by atoms with Gasteiger partial charge in [0.05, 0.1) is 5.56 Å². The van der Waals surface area contributed by atoms with Gasteiger partial charge in [0.25, 0.3) is 0 Å². The van der Waals surface area contributed by atoms with Crippen LogP contribution in [0.1, 0.15) is 11.1 Å². The number of carboxylic acid groups (broad SMARTS) is 1. The van der Waals surface area contributed by atoms with E-state index in [0.29, 0.717) is 18.2 Å². The van der Waals surface area contributed by atoms with E-state index in [-0.39, 0.29) is 0 Å². The molecule has 0 amide bonds. The van der Waals surface area contributed by atoms with E-state index < -0.39 is 41.6 Å². The predicted molar refractivity (Wildman–Crippen MR) is 50.7 cm³/mol. The number of alkyl halides is 3. The van der Waals surface area contributed by atoms with Gasteiger partial charge in [-0.1, -0.05) is 0 Å². The smallest absolute Gasteiger partial charge is 0.416 e. The Hall–Kier alpha value is -1.63. The Labute approximate surface area is 93.8 Å². The molecule has 0 fully saturated rings. The van der Waals surface area contributed by atoms with Crippen molar-refractivity contribution in [2.24, 2.45) is 5.73 Å². The van der Waals surface area contributed by atoms with Gasteiger partial charge in [-0.2, -0.15) is 13.2 Å². The summed E-state index contributed by atoms with van der Waals surface area (Å²) in [6.45, 7) is 0. The fraction of sp³-hybridized carbons (Fsp3) is 0.300. The van der Waals surface area contributed by atoms with Gasteiger partial charge in [0, 0.05) is 0 Å². The molecule has 1 aromatic carbocycles. The number of hydrogen-bond donors (Lipinski definition) is 2. The van der Waals surface area contributed by atoms with Gasteiger partial charge in [0.1, 0.15) is 11.9 Å². The van der Waals surface area contributed by atoms with Crippen LogP contribution in [-0.2, 0) is 17.4 Å². The summed E-state index contributed by atoms with van der Waals surface area (Å²) in [5, 5.41) is 8.51. The van der Waals surface area contributed by atoms with Gasteiger partial charge in [0.2, 0.25) is 0 Å². The Morgan fingerprint density at radius 3 is 2.47 bits per heavy atom.